The second-order valence-corrected chi connectivity index (χ2v) is 22.7. The number of aromatic nitrogens is 1. The van der Waals surface area contributed by atoms with Gasteiger partial charge in [-0.05, 0) is 162 Å². The Morgan fingerprint density at radius 2 is 0.624 bits per heavy atom. The minimum absolute atomic E-state index is 0.151. The quantitative estimate of drug-likeness (QED) is 0.135. The van der Waals surface area contributed by atoms with Gasteiger partial charge in [0, 0.05) is 61.8 Å². The summed E-state index contributed by atoms with van der Waals surface area (Å²) in [6, 6.07) is 119. The van der Waals surface area contributed by atoms with Gasteiger partial charge in [-0.25, -0.2) is 0 Å². The summed E-state index contributed by atoms with van der Waals surface area (Å²) in [6.45, 7) is 0. The number of benzene rings is 14. The highest BCUT2D eigenvalue weighted by molar-refractivity contribution is 6.13. The standard InChI is InChI=1S/C82H55N3/c1-4-20-54(21-5-1)55-38-40-60(41-39-55)85-79-48-44-63(83(77-36-18-28-56-22-10-12-30-65(56)77)61-42-46-71-73(50-61)67-32-14-16-34-69(67)81(71)58-24-6-2-7-25-58)52-75(79)76-53-64(45-49-80(76)85)84(78-37-19-29-57-23-11-13-31-66(57)78)62-43-47-72-74(51-62)68-33-15-17-35-70(68)82(72)59-26-8-3-9-27-59/h1-53,81-82H. The van der Waals surface area contributed by atoms with Crippen LogP contribution in [0.2, 0.25) is 0 Å². The molecule has 0 fully saturated rings. The number of hydrogen-bond acceptors (Lipinski definition) is 2. The highest BCUT2D eigenvalue weighted by atomic mass is 15.2. The van der Waals surface area contributed by atoms with E-state index >= 15 is 0 Å². The van der Waals surface area contributed by atoms with E-state index < -0.39 is 0 Å². The van der Waals surface area contributed by atoms with E-state index in [4.69, 9.17) is 0 Å². The molecule has 2 atom stereocenters. The molecule has 0 saturated heterocycles. The second-order valence-electron chi connectivity index (χ2n) is 22.7. The van der Waals surface area contributed by atoms with Crippen LogP contribution in [0, 0.1) is 0 Å². The molecule has 3 heteroatoms. The topological polar surface area (TPSA) is 11.4 Å². The lowest BCUT2D eigenvalue weighted by Crippen LogP contribution is -2.11. The van der Waals surface area contributed by atoms with Gasteiger partial charge >= 0.3 is 0 Å². The maximum atomic E-state index is 2.50. The Kier molecular flexibility index (Phi) is 11.4. The van der Waals surface area contributed by atoms with E-state index in [9.17, 15) is 0 Å². The lowest BCUT2D eigenvalue weighted by Gasteiger charge is -2.28. The zero-order valence-electron chi connectivity index (χ0n) is 46.6. The fourth-order valence-corrected chi connectivity index (χ4v) is 14.3. The lowest BCUT2D eigenvalue weighted by molar-refractivity contribution is 1.01. The minimum atomic E-state index is 0.151. The highest BCUT2D eigenvalue weighted by Gasteiger charge is 2.33. The van der Waals surface area contributed by atoms with E-state index in [1.54, 1.807) is 0 Å². The van der Waals surface area contributed by atoms with E-state index in [0.717, 1.165) is 61.6 Å². The van der Waals surface area contributed by atoms with E-state index in [1.807, 2.05) is 0 Å². The van der Waals surface area contributed by atoms with Gasteiger partial charge in [-0.3, -0.25) is 0 Å². The Labute approximate surface area is 494 Å². The molecule has 0 radical (unpaired) electrons. The van der Waals surface area contributed by atoms with Crippen LogP contribution < -0.4 is 9.80 Å². The summed E-state index contributed by atoms with van der Waals surface area (Å²) in [5.41, 5.74) is 25.4. The van der Waals surface area contributed by atoms with Crippen LogP contribution in [0.4, 0.5) is 34.1 Å². The third-order valence-electron chi connectivity index (χ3n) is 18.1. The van der Waals surface area contributed by atoms with Crippen molar-refractivity contribution in [3.05, 3.63) is 355 Å². The number of nitrogens with zero attached hydrogens (tertiary/aromatic N) is 3. The molecular formula is C82H55N3. The smallest absolute Gasteiger partial charge is 0.0542 e. The van der Waals surface area contributed by atoms with Crippen LogP contribution in [0.1, 0.15) is 45.2 Å². The Morgan fingerprint density at radius 1 is 0.247 bits per heavy atom. The average Bonchev–Trinajstić information content (AvgIpc) is 2.34. The van der Waals surface area contributed by atoms with Crippen molar-refractivity contribution < 1.29 is 0 Å². The number of hydrogen-bond donors (Lipinski definition) is 0. The summed E-state index contributed by atoms with van der Waals surface area (Å²) in [7, 11) is 0. The average molecular weight is 1080 g/mol. The SMILES string of the molecule is c1ccc(-c2ccc(-n3c4ccc(N(c5ccc6c(c5)-c5ccccc5C6c5ccccc5)c5cccc6ccccc56)cc4c4cc(N(c5ccc6c(c5)-c5ccccc5C6c5ccccc5)c5cccc6ccccc56)ccc43)cc2)cc1. The zero-order valence-corrected chi connectivity index (χ0v) is 46.6. The fourth-order valence-electron chi connectivity index (χ4n) is 14.3. The van der Waals surface area contributed by atoms with Crippen LogP contribution in [0.5, 0.6) is 0 Å². The molecule has 0 aliphatic heterocycles. The maximum absolute atomic E-state index is 2.50. The first kappa shape index (κ1) is 48.7. The van der Waals surface area contributed by atoms with Crippen molar-refractivity contribution in [1.29, 1.82) is 0 Å². The maximum Gasteiger partial charge on any atom is 0.0542 e. The van der Waals surface area contributed by atoms with Gasteiger partial charge < -0.3 is 14.4 Å². The van der Waals surface area contributed by atoms with Gasteiger partial charge in [0.05, 0.1) is 22.4 Å². The number of anilines is 6. The first-order chi connectivity index (χ1) is 42.2. The fraction of sp³-hybridized carbons (Fsp3) is 0.0244. The zero-order chi connectivity index (χ0) is 56.0. The molecule has 2 aliphatic rings. The van der Waals surface area contributed by atoms with Crippen molar-refractivity contribution in [1.82, 2.24) is 4.57 Å². The molecule has 15 aromatic rings. The molecule has 85 heavy (non-hydrogen) atoms. The van der Waals surface area contributed by atoms with Crippen LogP contribution in [0.15, 0.2) is 322 Å². The molecule has 17 rings (SSSR count). The third kappa shape index (κ3) is 7.96. The first-order valence-electron chi connectivity index (χ1n) is 29.5. The summed E-state index contributed by atoms with van der Waals surface area (Å²) in [5, 5.41) is 7.09. The lowest BCUT2D eigenvalue weighted by atomic mass is 9.89. The van der Waals surface area contributed by atoms with Crippen LogP contribution in [0.25, 0.3) is 82.4 Å². The van der Waals surface area contributed by atoms with Crippen LogP contribution >= 0.6 is 0 Å². The van der Waals surface area contributed by atoms with Crippen molar-refractivity contribution in [3.63, 3.8) is 0 Å². The number of fused-ring (bicyclic) bond motifs is 11. The molecule has 14 aromatic carbocycles. The van der Waals surface area contributed by atoms with Crippen molar-refractivity contribution >= 4 is 77.5 Å². The van der Waals surface area contributed by atoms with Gasteiger partial charge in [0.2, 0.25) is 0 Å². The minimum Gasteiger partial charge on any atom is -0.310 e. The van der Waals surface area contributed by atoms with Gasteiger partial charge in [0.25, 0.3) is 0 Å². The molecule has 1 aromatic heterocycles. The third-order valence-corrected chi connectivity index (χ3v) is 18.1. The molecule has 0 amide bonds. The van der Waals surface area contributed by atoms with Crippen molar-refractivity contribution in [2.75, 3.05) is 9.80 Å². The molecule has 398 valence electrons. The summed E-state index contributed by atoms with van der Waals surface area (Å²) in [4.78, 5) is 4.99. The molecule has 2 aliphatic carbocycles. The summed E-state index contributed by atoms with van der Waals surface area (Å²) in [6.07, 6.45) is 0. The van der Waals surface area contributed by atoms with Gasteiger partial charge in [-0.15, -0.1) is 0 Å². The van der Waals surface area contributed by atoms with E-state index in [-0.39, 0.29) is 11.8 Å². The Bertz CT molecular complexity index is 4790. The van der Waals surface area contributed by atoms with Crippen molar-refractivity contribution in [3.8, 4) is 39.1 Å². The molecule has 0 saturated carbocycles. The molecule has 0 spiro atoms. The molecule has 2 unspecified atom stereocenters. The predicted molar refractivity (Wildman–Crippen MR) is 356 cm³/mol. The van der Waals surface area contributed by atoms with Gasteiger partial charge in [-0.1, -0.05) is 237 Å². The van der Waals surface area contributed by atoms with Crippen LogP contribution in [-0.2, 0) is 0 Å². The monoisotopic (exact) mass is 1080 g/mol. The van der Waals surface area contributed by atoms with E-state index in [2.05, 4.69) is 336 Å². The van der Waals surface area contributed by atoms with E-state index in [1.165, 1.54) is 88.3 Å². The summed E-state index contributed by atoms with van der Waals surface area (Å²) in [5.74, 6) is 0.302. The van der Waals surface area contributed by atoms with Gasteiger partial charge in [-0.2, -0.15) is 0 Å². The van der Waals surface area contributed by atoms with Crippen LogP contribution in [0.3, 0.4) is 0 Å². The summed E-state index contributed by atoms with van der Waals surface area (Å²) >= 11 is 0. The van der Waals surface area contributed by atoms with Gasteiger partial charge in [0.15, 0.2) is 0 Å². The molecule has 0 bridgehead atoms. The predicted octanol–water partition coefficient (Wildman–Crippen LogP) is 22.0. The normalized spacial score (nSPS) is 13.9. The Balaban J connectivity index is 0.898. The first-order valence-corrected chi connectivity index (χ1v) is 29.5. The largest absolute Gasteiger partial charge is 0.310 e. The number of rotatable bonds is 10. The van der Waals surface area contributed by atoms with Crippen LogP contribution in [-0.4, -0.2) is 4.57 Å². The van der Waals surface area contributed by atoms with E-state index in [0.29, 0.717) is 0 Å². The molecule has 3 nitrogen and oxygen atoms in total. The highest BCUT2D eigenvalue weighted by Crippen LogP contribution is 2.53. The molecule has 0 N–H and O–H groups in total. The Hall–Kier alpha value is -11.0. The van der Waals surface area contributed by atoms with Crippen molar-refractivity contribution in [2.24, 2.45) is 0 Å². The second kappa shape index (κ2) is 19.9. The van der Waals surface area contributed by atoms with Gasteiger partial charge in [0.1, 0.15) is 0 Å². The Morgan fingerprint density at radius 3 is 1.12 bits per heavy atom. The molecular weight excluding hydrogens is 1030 g/mol. The summed E-state index contributed by atoms with van der Waals surface area (Å²) < 4.78 is 2.46. The molecule has 1 heterocycles. The van der Waals surface area contributed by atoms with Crippen molar-refractivity contribution in [2.45, 2.75) is 11.8 Å².